The van der Waals surface area contributed by atoms with Crippen molar-refractivity contribution >= 4 is 23.4 Å². The first kappa shape index (κ1) is 26.7. The molecule has 4 aliphatic rings. The first-order valence-corrected chi connectivity index (χ1v) is 13.5. The molecule has 38 heavy (non-hydrogen) atoms. The van der Waals surface area contributed by atoms with Crippen LogP contribution in [-0.4, -0.2) is 47.2 Å². The molecule has 1 aromatic rings. The molecule has 7 heteroatoms. The zero-order chi connectivity index (χ0) is 28.0. The van der Waals surface area contributed by atoms with Crippen LogP contribution in [0.15, 0.2) is 47.6 Å². The lowest BCUT2D eigenvalue weighted by molar-refractivity contribution is -0.220. The number of para-hydroxylation sites is 1. The molecule has 4 aliphatic carbocycles. The van der Waals surface area contributed by atoms with Gasteiger partial charge in [-0.05, 0) is 38.0 Å². The Kier molecular flexibility index (Phi) is 5.81. The molecule has 2 N–H and O–H groups in total. The lowest BCUT2D eigenvalue weighted by Crippen LogP contribution is -2.65. The average Bonchev–Trinajstić information content (AvgIpc) is 3.12. The van der Waals surface area contributed by atoms with Gasteiger partial charge in [0, 0.05) is 54.2 Å². The van der Waals surface area contributed by atoms with E-state index in [9.17, 15) is 19.5 Å². The minimum absolute atomic E-state index is 0.0533. The average molecular weight is 522 g/mol. The molecule has 7 nitrogen and oxygen atoms in total. The van der Waals surface area contributed by atoms with E-state index < -0.39 is 57.8 Å². The van der Waals surface area contributed by atoms with Crippen molar-refractivity contribution in [1.29, 1.82) is 0 Å². The summed E-state index contributed by atoms with van der Waals surface area (Å²) in [6.45, 7) is 13.1. The van der Waals surface area contributed by atoms with Gasteiger partial charge in [-0.15, -0.1) is 0 Å². The van der Waals surface area contributed by atoms with Gasteiger partial charge in [0.15, 0.2) is 11.4 Å². The molecule has 0 aromatic heterocycles. The summed E-state index contributed by atoms with van der Waals surface area (Å²) in [5, 5.41) is 15.9. The molecule has 5 rings (SSSR count). The van der Waals surface area contributed by atoms with E-state index in [1.807, 2.05) is 46.8 Å². The first-order valence-electron chi connectivity index (χ1n) is 13.5. The predicted octanol–water partition coefficient (Wildman–Crippen LogP) is 4.71. The van der Waals surface area contributed by atoms with Crippen molar-refractivity contribution in [3.63, 3.8) is 0 Å². The highest BCUT2D eigenvalue weighted by molar-refractivity contribution is 6.00. The number of hydrogen-bond donors (Lipinski definition) is 2. The van der Waals surface area contributed by atoms with Gasteiger partial charge in [-0.3, -0.25) is 9.59 Å². The van der Waals surface area contributed by atoms with Crippen molar-refractivity contribution in [2.75, 3.05) is 12.4 Å². The third-order valence-electron chi connectivity index (χ3n) is 10.7. The van der Waals surface area contributed by atoms with Crippen molar-refractivity contribution in [3.05, 3.63) is 53.1 Å². The number of ketones is 1. The number of allylic oxidation sites excluding steroid dienone is 2. The molecule has 0 aliphatic heterocycles. The van der Waals surface area contributed by atoms with E-state index in [2.05, 4.69) is 11.4 Å². The van der Waals surface area contributed by atoms with E-state index in [0.29, 0.717) is 23.2 Å². The van der Waals surface area contributed by atoms with Crippen molar-refractivity contribution < 1.29 is 29.0 Å². The lowest BCUT2D eigenvalue weighted by atomic mass is 9.56. The summed E-state index contributed by atoms with van der Waals surface area (Å²) in [5.41, 5.74) is -1.31. The fourth-order valence-electron chi connectivity index (χ4n) is 8.60. The van der Waals surface area contributed by atoms with Crippen molar-refractivity contribution in [1.82, 2.24) is 0 Å². The van der Waals surface area contributed by atoms with Crippen molar-refractivity contribution in [2.24, 2.45) is 34.5 Å². The summed E-state index contributed by atoms with van der Waals surface area (Å²) >= 11 is 0. The number of hydrogen-bond acceptors (Lipinski definition) is 7. The maximum Gasteiger partial charge on any atom is 0.340 e. The second-order valence-corrected chi connectivity index (χ2v) is 12.5. The molecule has 2 saturated carbocycles. The highest BCUT2D eigenvalue weighted by Gasteiger charge is 2.93. The fraction of sp³-hybridized carbons (Fsp3) is 0.581. The second-order valence-electron chi connectivity index (χ2n) is 12.5. The van der Waals surface area contributed by atoms with Crippen LogP contribution in [0.25, 0.3) is 0 Å². The number of ether oxygens (including phenoxy) is 2. The summed E-state index contributed by atoms with van der Waals surface area (Å²) in [7, 11) is 1.73. The number of benzene rings is 1. The summed E-state index contributed by atoms with van der Waals surface area (Å²) in [5.74, 6) is -2.86. The van der Waals surface area contributed by atoms with Gasteiger partial charge in [-0.25, -0.2) is 4.79 Å². The molecular formula is C31H39NO6. The largest absolute Gasteiger partial charge is 0.454 e. The van der Waals surface area contributed by atoms with Gasteiger partial charge >= 0.3 is 11.9 Å². The summed E-state index contributed by atoms with van der Waals surface area (Å²) in [6, 6.07) is 7.06. The van der Waals surface area contributed by atoms with Gasteiger partial charge in [0.05, 0.1) is 11.2 Å². The minimum atomic E-state index is -1.41. The minimum Gasteiger partial charge on any atom is -0.454 e. The standard InChI is InChI=1S/C31H39NO6/c1-16-13-21-22(15-17(2)25(21)34)30(36)18(3)26(37-27(35)20-11-9-10-12-23(20)32-8)31(38-19(4)33)28(5,6)29(31,7)24(30)14-16/h9-12,14-15,18,21-22,24,26,32,36H,13H2,1-8H3/t18-,21+,22-,24+,26-,29-,30+,31-/m1/s1. The number of rotatable bonds is 4. The first-order chi connectivity index (χ1) is 17.7. The van der Waals surface area contributed by atoms with Gasteiger partial charge < -0.3 is 19.9 Å². The van der Waals surface area contributed by atoms with Gasteiger partial charge in [0.1, 0.15) is 6.10 Å². The fourth-order valence-corrected chi connectivity index (χ4v) is 8.60. The Labute approximate surface area is 224 Å². The summed E-state index contributed by atoms with van der Waals surface area (Å²) < 4.78 is 12.5. The number of aliphatic hydroxyl groups is 1. The quantitative estimate of drug-likeness (QED) is 0.437. The van der Waals surface area contributed by atoms with E-state index in [0.717, 1.165) is 5.57 Å². The number of anilines is 1. The van der Waals surface area contributed by atoms with Crippen molar-refractivity contribution in [3.8, 4) is 0 Å². The number of esters is 2. The maximum atomic E-state index is 13.7. The highest BCUT2D eigenvalue weighted by Crippen LogP contribution is 2.84. The van der Waals surface area contributed by atoms with Crippen LogP contribution < -0.4 is 5.32 Å². The predicted molar refractivity (Wildman–Crippen MR) is 143 cm³/mol. The molecule has 0 unspecified atom stereocenters. The zero-order valence-electron chi connectivity index (χ0n) is 23.5. The van der Waals surface area contributed by atoms with E-state index >= 15 is 0 Å². The molecule has 8 atom stereocenters. The molecule has 0 amide bonds. The van der Waals surface area contributed by atoms with Gasteiger partial charge in [0.25, 0.3) is 0 Å². The van der Waals surface area contributed by atoms with Crippen LogP contribution in [0.1, 0.15) is 65.2 Å². The molecule has 0 heterocycles. The monoisotopic (exact) mass is 521 g/mol. The van der Waals surface area contributed by atoms with E-state index in [1.54, 1.807) is 32.2 Å². The van der Waals surface area contributed by atoms with Crippen molar-refractivity contribution in [2.45, 2.75) is 72.2 Å². The molecule has 2 fully saturated rings. The molecule has 1 aromatic carbocycles. The van der Waals surface area contributed by atoms with Crippen LogP contribution in [0.2, 0.25) is 0 Å². The Morgan fingerprint density at radius 2 is 1.76 bits per heavy atom. The third-order valence-corrected chi connectivity index (χ3v) is 10.7. The molecule has 0 spiro atoms. The van der Waals surface area contributed by atoms with Crippen LogP contribution in [0, 0.1) is 34.5 Å². The smallest absolute Gasteiger partial charge is 0.340 e. The van der Waals surface area contributed by atoms with E-state index in [4.69, 9.17) is 9.47 Å². The molecule has 0 bridgehead atoms. The summed E-state index contributed by atoms with van der Waals surface area (Å²) in [4.78, 5) is 39.5. The molecule has 204 valence electrons. The molecule has 0 saturated heterocycles. The Morgan fingerprint density at radius 1 is 1.11 bits per heavy atom. The lowest BCUT2D eigenvalue weighted by Gasteiger charge is -2.54. The highest BCUT2D eigenvalue weighted by atomic mass is 16.6. The zero-order valence-corrected chi connectivity index (χ0v) is 23.5. The number of Topliss-reactive ketones (excluding diaryl/α,β-unsaturated/α-hetero) is 1. The van der Waals surface area contributed by atoms with Crippen LogP contribution >= 0.6 is 0 Å². The third kappa shape index (κ3) is 3.02. The topological polar surface area (TPSA) is 102 Å². The number of nitrogens with one attached hydrogen (secondary N) is 1. The van der Waals surface area contributed by atoms with E-state index in [-0.39, 0.29) is 11.7 Å². The Balaban J connectivity index is 1.71. The molecular weight excluding hydrogens is 482 g/mol. The second kappa shape index (κ2) is 8.28. The SMILES string of the molecule is CNc1ccccc1C(=O)O[C@@H]1[C@@H](C)[C@]2(O)[C@@H]3C=C(C)C(=O)[C@H]3CC(C)=C[C@H]2[C@]2(C)C(C)(C)[C@]12OC(C)=O. The van der Waals surface area contributed by atoms with Crippen LogP contribution in [0.4, 0.5) is 5.69 Å². The maximum absolute atomic E-state index is 13.7. The van der Waals surface area contributed by atoms with Gasteiger partial charge in [-0.1, -0.05) is 57.6 Å². The normalized spacial score (nSPS) is 40.4. The Bertz CT molecular complexity index is 1290. The number of carbonyl (C=O) groups excluding carboxylic acids is 3. The Hall–Kier alpha value is -2.93. The van der Waals surface area contributed by atoms with Crippen LogP contribution in [-0.2, 0) is 19.1 Å². The molecule has 0 radical (unpaired) electrons. The van der Waals surface area contributed by atoms with Crippen LogP contribution in [0.5, 0.6) is 0 Å². The van der Waals surface area contributed by atoms with E-state index in [1.165, 1.54) is 6.92 Å². The number of fused-ring (bicyclic) bond motifs is 5. The van der Waals surface area contributed by atoms with Crippen LogP contribution in [0.3, 0.4) is 0 Å². The number of carbonyl (C=O) groups is 3. The Morgan fingerprint density at radius 3 is 2.39 bits per heavy atom. The van der Waals surface area contributed by atoms with Gasteiger partial charge in [0.2, 0.25) is 0 Å². The summed E-state index contributed by atoms with van der Waals surface area (Å²) in [6.07, 6.45) is 3.62. The van der Waals surface area contributed by atoms with Gasteiger partial charge in [-0.2, -0.15) is 0 Å².